The van der Waals surface area contributed by atoms with Gasteiger partial charge >= 0.3 is 12.0 Å². The summed E-state index contributed by atoms with van der Waals surface area (Å²) in [6, 6.07) is 8.86. The number of methoxy groups -OCH3 is 1. The number of carbonyl (C=O) groups is 4. The van der Waals surface area contributed by atoms with Crippen molar-refractivity contribution in [3.63, 3.8) is 0 Å². The molecule has 0 saturated heterocycles. The molecule has 10 heteroatoms. The largest absolute Gasteiger partial charge is 0.496 e. The van der Waals surface area contributed by atoms with Gasteiger partial charge in [-0.05, 0) is 35.4 Å². The van der Waals surface area contributed by atoms with Crippen molar-refractivity contribution >= 4 is 35.3 Å². The van der Waals surface area contributed by atoms with Gasteiger partial charge in [0.25, 0.3) is 5.91 Å². The number of hydrogen-bond donors (Lipinski definition) is 3. The van der Waals surface area contributed by atoms with Crippen LogP contribution in [-0.2, 0) is 14.4 Å². The fourth-order valence-corrected chi connectivity index (χ4v) is 3.59. The van der Waals surface area contributed by atoms with Crippen molar-refractivity contribution in [1.29, 1.82) is 0 Å². The van der Waals surface area contributed by atoms with E-state index in [0.717, 1.165) is 5.56 Å². The van der Waals surface area contributed by atoms with Crippen molar-refractivity contribution in [2.75, 3.05) is 14.2 Å². The maximum Gasteiger partial charge on any atom is 0.316 e. The van der Waals surface area contributed by atoms with Gasteiger partial charge in [-0.25, -0.2) is 4.79 Å². The first-order valence-corrected chi connectivity index (χ1v) is 10.3. The molecule has 0 saturated carbocycles. The van der Waals surface area contributed by atoms with E-state index >= 15 is 0 Å². The van der Waals surface area contributed by atoms with Crippen LogP contribution in [0.5, 0.6) is 5.75 Å². The maximum atomic E-state index is 12.6. The predicted molar refractivity (Wildman–Crippen MR) is 121 cm³/mol. The van der Waals surface area contributed by atoms with Gasteiger partial charge in [0, 0.05) is 29.9 Å². The van der Waals surface area contributed by atoms with Crippen LogP contribution in [0, 0.1) is 0 Å². The third-order valence-electron chi connectivity index (χ3n) is 5.06. The van der Waals surface area contributed by atoms with E-state index in [9.17, 15) is 24.3 Å². The number of nitrogens with one attached hydrogen (secondary N) is 2. The molecular formula is C23H22ClN3O6. The van der Waals surface area contributed by atoms with Crippen LogP contribution in [0.1, 0.15) is 18.0 Å². The molecule has 172 valence electrons. The third-order valence-corrected chi connectivity index (χ3v) is 5.30. The minimum Gasteiger partial charge on any atom is -0.496 e. The number of urea groups is 1. The summed E-state index contributed by atoms with van der Waals surface area (Å²) >= 11 is 6.11. The fourth-order valence-electron chi connectivity index (χ4n) is 3.39. The Balaban J connectivity index is 1.88. The SMILES string of the molecule is COc1ccc(C(CC(=O)O)NC(=O)NC2C(=O)C=CN(C)C2=O)cc1-c1cccc(Cl)c1. The van der Waals surface area contributed by atoms with Crippen LogP contribution in [0.15, 0.2) is 54.7 Å². The molecule has 1 aliphatic rings. The Kier molecular flexibility index (Phi) is 7.34. The Morgan fingerprint density at radius 3 is 2.64 bits per heavy atom. The summed E-state index contributed by atoms with van der Waals surface area (Å²) in [6.45, 7) is 0. The Bertz CT molecular complexity index is 1130. The van der Waals surface area contributed by atoms with Gasteiger partial charge in [-0.15, -0.1) is 0 Å². The highest BCUT2D eigenvalue weighted by atomic mass is 35.5. The molecule has 33 heavy (non-hydrogen) atoms. The first-order chi connectivity index (χ1) is 15.7. The first-order valence-electron chi connectivity index (χ1n) is 9.91. The van der Waals surface area contributed by atoms with Crippen LogP contribution >= 0.6 is 11.6 Å². The number of benzene rings is 2. The number of carbonyl (C=O) groups excluding carboxylic acids is 3. The van der Waals surface area contributed by atoms with E-state index in [1.165, 1.54) is 31.3 Å². The molecule has 2 atom stereocenters. The second-order valence-electron chi connectivity index (χ2n) is 7.34. The average Bonchev–Trinajstić information content (AvgIpc) is 2.78. The molecule has 2 unspecified atom stereocenters. The van der Waals surface area contributed by atoms with E-state index in [0.29, 0.717) is 21.9 Å². The van der Waals surface area contributed by atoms with Gasteiger partial charge in [0.2, 0.25) is 0 Å². The molecule has 9 nitrogen and oxygen atoms in total. The zero-order valence-corrected chi connectivity index (χ0v) is 18.6. The van der Waals surface area contributed by atoms with Crippen LogP contribution in [0.25, 0.3) is 11.1 Å². The molecule has 0 aliphatic carbocycles. The molecular weight excluding hydrogens is 450 g/mol. The Labute approximate surface area is 195 Å². The second kappa shape index (κ2) is 10.2. The number of carboxylic acids is 1. The number of ether oxygens (including phenoxy) is 1. The summed E-state index contributed by atoms with van der Waals surface area (Å²) in [7, 11) is 2.97. The molecule has 0 radical (unpaired) electrons. The van der Waals surface area contributed by atoms with E-state index in [1.807, 2.05) is 6.07 Å². The van der Waals surface area contributed by atoms with Gasteiger partial charge in [0.15, 0.2) is 11.8 Å². The Hall–Kier alpha value is -3.85. The van der Waals surface area contributed by atoms with E-state index in [2.05, 4.69) is 10.6 Å². The smallest absolute Gasteiger partial charge is 0.316 e. The number of hydrogen-bond acceptors (Lipinski definition) is 5. The monoisotopic (exact) mass is 471 g/mol. The highest BCUT2D eigenvalue weighted by Crippen LogP contribution is 2.34. The van der Waals surface area contributed by atoms with E-state index in [4.69, 9.17) is 16.3 Å². The number of nitrogens with zero attached hydrogens (tertiary/aromatic N) is 1. The van der Waals surface area contributed by atoms with Crippen molar-refractivity contribution in [3.8, 4) is 16.9 Å². The molecule has 1 aliphatic heterocycles. The third kappa shape index (κ3) is 5.69. The normalized spacial score (nSPS) is 16.3. The average molecular weight is 472 g/mol. The molecule has 1 heterocycles. The number of amides is 3. The van der Waals surface area contributed by atoms with Crippen molar-refractivity contribution < 1.29 is 29.0 Å². The highest BCUT2D eigenvalue weighted by molar-refractivity contribution is 6.30. The zero-order valence-electron chi connectivity index (χ0n) is 17.9. The van der Waals surface area contributed by atoms with Crippen LogP contribution in [0.4, 0.5) is 4.79 Å². The van der Waals surface area contributed by atoms with Crippen molar-refractivity contribution in [3.05, 3.63) is 65.3 Å². The number of aliphatic carboxylic acids is 1. The minimum absolute atomic E-state index is 0.429. The van der Waals surface area contributed by atoms with Gasteiger partial charge in [-0.3, -0.25) is 14.4 Å². The molecule has 0 bridgehead atoms. The summed E-state index contributed by atoms with van der Waals surface area (Å²) in [5.74, 6) is -1.78. The van der Waals surface area contributed by atoms with Gasteiger partial charge in [-0.1, -0.05) is 29.8 Å². The van der Waals surface area contributed by atoms with Crippen LogP contribution in [0.2, 0.25) is 5.02 Å². The Morgan fingerprint density at radius 1 is 1.21 bits per heavy atom. The molecule has 2 aromatic rings. The number of likely N-dealkylation sites (N-methyl/N-ethyl adjacent to an activating group) is 1. The number of halogens is 1. The lowest BCUT2D eigenvalue weighted by atomic mass is 9.97. The summed E-state index contributed by atoms with van der Waals surface area (Å²) in [5.41, 5.74) is 1.88. The fraction of sp³-hybridized carbons (Fsp3) is 0.217. The zero-order chi connectivity index (χ0) is 24.1. The number of carboxylic acid groups (broad SMARTS) is 1. The van der Waals surface area contributed by atoms with Gasteiger partial charge in [0.05, 0.1) is 19.6 Å². The van der Waals surface area contributed by atoms with Crippen LogP contribution in [0.3, 0.4) is 0 Å². The summed E-state index contributed by atoms with van der Waals surface area (Å²) in [6.07, 6.45) is 2.06. The highest BCUT2D eigenvalue weighted by Gasteiger charge is 2.32. The standard InChI is InChI=1S/C23H22ClN3O6/c1-27-9-8-18(28)21(22(27)31)26-23(32)25-17(12-20(29)30)14-6-7-19(33-2)16(11-14)13-4-3-5-15(24)10-13/h3-11,17,21H,12H2,1-2H3,(H,29,30)(H2,25,26,32). The lowest BCUT2D eigenvalue weighted by Gasteiger charge is -2.25. The van der Waals surface area contributed by atoms with E-state index < -0.39 is 42.2 Å². The van der Waals surface area contributed by atoms with E-state index in [1.54, 1.807) is 36.4 Å². The summed E-state index contributed by atoms with van der Waals surface area (Å²) in [4.78, 5) is 49.5. The van der Waals surface area contributed by atoms with Gasteiger partial charge < -0.3 is 25.4 Å². The lowest BCUT2D eigenvalue weighted by molar-refractivity contribution is -0.138. The Morgan fingerprint density at radius 2 is 1.97 bits per heavy atom. The molecule has 0 fully saturated rings. The number of ketones is 1. The number of rotatable bonds is 7. The van der Waals surface area contributed by atoms with Gasteiger partial charge in [-0.2, -0.15) is 0 Å². The molecule has 3 rings (SSSR count). The van der Waals surface area contributed by atoms with E-state index in [-0.39, 0.29) is 0 Å². The predicted octanol–water partition coefficient (Wildman–Crippen LogP) is 2.75. The van der Waals surface area contributed by atoms with Crippen molar-refractivity contribution in [2.24, 2.45) is 0 Å². The first kappa shape index (κ1) is 23.8. The second-order valence-corrected chi connectivity index (χ2v) is 7.78. The van der Waals surface area contributed by atoms with Crippen molar-refractivity contribution in [2.45, 2.75) is 18.5 Å². The van der Waals surface area contributed by atoms with Gasteiger partial charge in [0.1, 0.15) is 5.75 Å². The molecule has 0 spiro atoms. The summed E-state index contributed by atoms with van der Waals surface area (Å²) in [5, 5.41) is 14.8. The summed E-state index contributed by atoms with van der Waals surface area (Å²) < 4.78 is 5.43. The molecule has 3 N–H and O–H groups in total. The minimum atomic E-state index is -1.39. The van der Waals surface area contributed by atoms with Crippen molar-refractivity contribution in [1.82, 2.24) is 15.5 Å². The van der Waals surface area contributed by atoms with Crippen LogP contribution < -0.4 is 15.4 Å². The lowest BCUT2D eigenvalue weighted by Crippen LogP contribution is -2.55. The molecule has 2 aromatic carbocycles. The van der Waals surface area contributed by atoms with Crippen LogP contribution in [-0.4, -0.2) is 53.9 Å². The quantitative estimate of drug-likeness (QED) is 0.533. The maximum absolute atomic E-state index is 12.6. The topological polar surface area (TPSA) is 125 Å². The molecule has 0 aromatic heterocycles. The molecule has 3 amide bonds.